The maximum atomic E-state index is 14.5. The summed E-state index contributed by atoms with van der Waals surface area (Å²) in [4.78, 5) is 12.5. The number of hydrazine groups is 1. The van der Waals surface area contributed by atoms with Gasteiger partial charge < -0.3 is 4.52 Å². The van der Waals surface area contributed by atoms with Gasteiger partial charge in [0.15, 0.2) is 11.5 Å². The van der Waals surface area contributed by atoms with Gasteiger partial charge in [-0.25, -0.2) is 14.9 Å². The number of alkyl halides is 3. The molecule has 33 heavy (non-hydrogen) atoms. The topological polar surface area (TPSA) is 99.0 Å². The predicted octanol–water partition coefficient (Wildman–Crippen LogP) is 5.26. The predicted molar refractivity (Wildman–Crippen MR) is 111 cm³/mol. The van der Waals surface area contributed by atoms with Crippen LogP contribution >= 0.6 is 23.2 Å². The Bertz CT molecular complexity index is 1350. The highest BCUT2D eigenvalue weighted by Gasteiger charge is 2.42. The zero-order valence-corrected chi connectivity index (χ0v) is 17.6. The molecule has 0 saturated heterocycles. The van der Waals surface area contributed by atoms with E-state index in [0.717, 1.165) is 12.3 Å². The van der Waals surface area contributed by atoms with Crippen LogP contribution in [0, 0.1) is 5.82 Å². The van der Waals surface area contributed by atoms with E-state index >= 15 is 0 Å². The van der Waals surface area contributed by atoms with Crippen LogP contribution in [0.2, 0.25) is 10.0 Å². The summed E-state index contributed by atoms with van der Waals surface area (Å²) in [7, 11) is 0. The van der Waals surface area contributed by atoms with Crippen molar-refractivity contribution in [1.29, 1.82) is 0 Å². The first kappa shape index (κ1) is 22.8. The SMILES string of the molecule is NNC(=O)c1c(-c2c(F)cccc2Cl)noc1-c1cnn(-c2cccc(Cl)c2)c1C(F)(F)F. The molecule has 0 bridgehead atoms. The number of nitrogen functional groups attached to an aromatic ring is 1. The van der Waals surface area contributed by atoms with Gasteiger partial charge in [-0.3, -0.25) is 10.2 Å². The molecular weight excluding hydrogens is 489 g/mol. The summed E-state index contributed by atoms with van der Waals surface area (Å²) in [5.74, 6) is 2.63. The number of carbonyl (C=O) groups excluding carboxylic acids is 1. The average Bonchev–Trinajstić information content (AvgIpc) is 3.37. The number of benzene rings is 2. The van der Waals surface area contributed by atoms with Crippen LogP contribution in [0.5, 0.6) is 0 Å². The molecule has 0 aliphatic carbocycles. The monoisotopic (exact) mass is 499 g/mol. The third kappa shape index (κ3) is 4.06. The van der Waals surface area contributed by atoms with Crippen molar-refractivity contribution >= 4 is 29.1 Å². The second-order valence-corrected chi connectivity index (χ2v) is 7.45. The van der Waals surface area contributed by atoms with Crippen molar-refractivity contribution < 1.29 is 26.9 Å². The molecule has 13 heteroatoms. The Labute approximate surface area is 192 Å². The van der Waals surface area contributed by atoms with Crippen molar-refractivity contribution in [2.45, 2.75) is 6.18 Å². The lowest BCUT2D eigenvalue weighted by molar-refractivity contribution is -0.142. The largest absolute Gasteiger partial charge is 0.434 e. The summed E-state index contributed by atoms with van der Waals surface area (Å²) < 4.78 is 62.6. The number of amides is 1. The van der Waals surface area contributed by atoms with Crippen LogP contribution < -0.4 is 11.3 Å². The molecule has 0 saturated carbocycles. The molecule has 4 aromatic rings. The molecule has 2 aromatic heterocycles. The summed E-state index contributed by atoms with van der Waals surface area (Å²) in [5, 5.41) is 7.46. The van der Waals surface area contributed by atoms with E-state index in [1.165, 1.54) is 36.4 Å². The van der Waals surface area contributed by atoms with Crippen molar-refractivity contribution in [2.24, 2.45) is 5.84 Å². The van der Waals surface area contributed by atoms with E-state index in [9.17, 15) is 22.4 Å². The van der Waals surface area contributed by atoms with Crippen molar-refractivity contribution in [2.75, 3.05) is 0 Å². The molecule has 1 amide bonds. The number of aromatic nitrogens is 3. The first-order valence-electron chi connectivity index (χ1n) is 9.00. The van der Waals surface area contributed by atoms with Gasteiger partial charge in [-0.1, -0.05) is 40.5 Å². The van der Waals surface area contributed by atoms with E-state index in [0.29, 0.717) is 4.68 Å². The number of hydrogen-bond acceptors (Lipinski definition) is 5. The molecule has 0 fully saturated rings. The number of halogens is 6. The normalized spacial score (nSPS) is 11.6. The Balaban J connectivity index is 2.01. The Morgan fingerprint density at radius 2 is 1.88 bits per heavy atom. The lowest BCUT2D eigenvalue weighted by Crippen LogP contribution is -2.30. The summed E-state index contributed by atoms with van der Waals surface area (Å²) >= 11 is 12.0. The molecule has 4 rings (SSSR count). The van der Waals surface area contributed by atoms with Gasteiger partial charge in [0.05, 0.1) is 28.0 Å². The van der Waals surface area contributed by atoms with E-state index in [4.69, 9.17) is 33.6 Å². The maximum absolute atomic E-state index is 14.5. The van der Waals surface area contributed by atoms with E-state index in [1.54, 1.807) is 5.43 Å². The molecule has 2 heterocycles. The molecule has 0 unspecified atom stereocenters. The molecule has 170 valence electrons. The van der Waals surface area contributed by atoms with Gasteiger partial charge in [-0.15, -0.1) is 0 Å². The van der Waals surface area contributed by atoms with Crippen LogP contribution in [-0.4, -0.2) is 20.8 Å². The van der Waals surface area contributed by atoms with Gasteiger partial charge in [0.1, 0.15) is 17.1 Å². The van der Waals surface area contributed by atoms with Crippen LogP contribution in [0.3, 0.4) is 0 Å². The Kier molecular flexibility index (Phi) is 5.87. The average molecular weight is 500 g/mol. The van der Waals surface area contributed by atoms with Gasteiger partial charge in [0.25, 0.3) is 5.91 Å². The quantitative estimate of drug-likeness (QED) is 0.172. The summed E-state index contributed by atoms with van der Waals surface area (Å²) in [6.45, 7) is 0. The van der Waals surface area contributed by atoms with Crippen LogP contribution in [0.25, 0.3) is 28.3 Å². The highest BCUT2D eigenvalue weighted by Crippen LogP contribution is 2.42. The third-order valence-corrected chi connectivity index (χ3v) is 5.14. The standard InChI is InChI=1S/C20H11Cl2F4N5O2/c21-9-3-1-4-10(7-9)31-18(20(24,25)26)11(8-28-31)17-15(19(32)29-27)16(30-33-17)14-12(22)5-2-6-13(14)23/h1-8H,27H2,(H,29,32). The van der Waals surface area contributed by atoms with Gasteiger partial charge in [-0.2, -0.15) is 18.3 Å². The number of carbonyl (C=O) groups is 1. The minimum atomic E-state index is -4.95. The molecule has 0 atom stereocenters. The Morgan fingerprint density at radius 1 is 1.15 bits per heavy atom. The Hall–Kier alpha value is -3.41. The molecule has 0 spiro atoms. The van der Waals surface area contributed by atoms with Crippen molar-refractivity contribution in [3.8, 4) is 28.3 Å². The minimum absolute atomic E-state index is 0.00258. The smallest absolute Gasteiger partial charge is 0.355 e. The first-order valence-corrected chi connectivity index (χ1v) is 9.75. The fourth-order valence-corrected chi connectivity index (χ4v) is 3.68. The second kappa shape index (κ2) is 8.50. The lowest BCUT2D eigenvalue weighted by atomic mass is 10.0. The summed E-state index contributed by atoms with van der Waals surface area (Å²) in [6.07, 6.45) is -4.11. The van der Waals surface area contributed by atoms with Crippen LogP contribution in [-0.2, 0) is 6.18 Å². The van der Waals surface area contributed by atoms with Gasteiger partial charge in [0, 0.05) is 5.02 Å². The number of nitrogens with one attached hydrogen (secondary N) is 1. The summed E-state index contributed by atoms with van der Waals surface area (Å²) in [6, 6.07) is 9.21. The number of rotatable bonds is 4. The number of nitrogens with two attached hydrogens (primary N) is 1. The minimum Gasteiger partial charge on any atom is -0.355 e. The molecular formula is C20H11Cl2F4N5O2. The molecule has 7 nitrogen and oxygen atoms in total. The van der Waals surface area contributed by atoms with Crippen LogP contribution in [0.4, 0.5) is 17.6 Å². The van der Waals surface area contributed by atoms with Gasteiger partial charge >= 0.3 is 6.18 Å². The summed E-state index contributed by atoms with van der Waals surface area (Å²) in [5.41, 5.74) is -1.44. The fourth-order valence-electron chi connectivity index (χ4n) is 3.24. The van der Waals surface area contributed by atoms with E-state index in [1.807, 2.05) is 0 Å². The van der Waals surface area contributed by atoms with Gasteiger partial charge in [-0.05, 0) is 30.3 Å². The van der Waals surface area contributed by atoms with Crippen LogP contribution in [0.1, 0.15) is 16.1 Å². The van der Waals surface area contributed by atoms with Crippen molar-refractivity contribution in [1.82, 2.24) is 20.4 Å². The lowest BCUT2D eigenvalue weighted by Gasteiger charge is -2.12. The number of hydrogen-bond donors (Lipinski definition) is 2. The van der Waals surface area contributed by atoms with Crippen molar-refractivity contribution in [3.63, 3.8) is 0 Å². The third-order valence-electron chi connectivity index (χ3n) is 4.58. The fraction of sp³-hybridized carbons (Fsp3) is 0.0500. The van der Waals surface area contributed by atoms with Gasteiger partial charge in [0.2, 0.25) is 0 Å². The first-order chi connectivity index (χ1) is 15.6. The molecule has 0 radical (unpaired) electrons. The maximum Gasteiger partial charge on any atom is 0.434 e. The zero-order valence-electron chi connectivity index (χ0n) is 16.1. The molecule has 0 aliphatic rings. The van der Waals surface area contributed by atoms with E-state index < -0.39 is 46.2 Å². The van der Waals surface area contributed by atoms with E-state index in [2.05, 4.69) is 10.3 Å². The highest BCUT2D eigenvalue weighted by molar-refractivity contribution is 6.33. The second-order valence-electron chi connectivity index (χ2n) is 6.60. The number of nitrogens with zero attached hydrogens (tertiary/aromatic N) is 3. The van der Waals surface area contributed by atoms with E-state index in [-0.39, 0.29) is 21.3 Å². The molecule has 2 aromatic carbocycles. The molecule has 0 aliphatic heterocycles. The van der Waals surface area contributed by atoms with Crippen LogP contribution in [0.15, 0.2) is 53.2 Å². The molecule has 3 N–H and O–H groups in total. The zero-order chi connectivity index (χ0) is 23.9. The highest BCUT2D eigenvalue weighted by atomic mass is 35.5. The Morgan fingerprint density at radius 3 is 2.52 bits per heavy atom. The van der Waals surface area contributed by atoms with Crippen molar-refractivity contribution in [3.05, 3.63) is 75.8 Å².